The maximum Gasteiger partial charge on any atom is 0.296 e. The Kier molecular flexibility index (Phi) is 9.00. The van der Waals surface area contributed by atoms with Crippen molar-refractivity contribution in [3.63, 3.8) is 0 Å². The van der Waals surface area contributed by atoms with Gasteiger partial charge in [-0.25, -0.2) is 8.42 Å². The van der Waals surface area contributed by atoms with E-state index in [1.54, 1.807) is 50.2 Å². The largest absolute Gasteiger partial charge is 0.493 e. The lowest BCUT2D eigenvalue weighted by Crippen LogP contribution is -2.27. The molecule has 42 heavy (non-hydrogen) atoms. The average molecular weight is 586 g/mol. The highest BCUT2D eigenvalue weighted by molar-refractivity contribution is 7.91. The smallest absolute Gasteiger partial charge is 0.296 e. The van der Waals surface area contributed by atoms with Crippen molar-refractivity contribution in [3.05, 3.63) is 106 Å². The monoisotopic (exact) mass is 585 g/mol. The molecule has 0 aliphatic heterocycles. The van der Waals surface area contributed by atoms with E-state index in [0.717, 1.165) is 23.1 Å². The van der Waals surface area contributed by atoms with Gasteiger partial charge in [-0.3, -0.25) is 9.36 Å². The van der Waals surface area contributed by atoms with Gasteiger partial charge in [-0.15, -0.1) is 0 Å². The van der Waals surface area contributed by atoms with Crippen LogP contribution >= 0.6 is 0 Å². The Bertz CT molecular complexity index is 1780. The summed E-state index contributed by atoms with van der Waals surface area (Å²) in [5.74, 6) is -0.376. The Morgan fingerprint density at radius 2 is 1.62 bits per heavy atom. The number of rotatable bonds is 10. The fraction of sp³-hybridized carbons (Fsp3) is 0.303. The second kappa shape index (κ2) is 12.3. The number of aryl methyl sites for hydroxylation is 1. The lowest BCUT2D eigenvalue weighted by Gasteiger charge is -2.25. The minimum absolute atomic E-state index is 0.152. The molecule has 0 saturated heterocycles. The van der Waals surface area contributed by atoms with Crippen LogP contribution in [-0.2, 0) is 21.9 Å². The fourth-order valence-corrected chi connectivity index (χ4v) is 6.37. The molecule has 0 aliphatic rings. The molecule has 0 radical (unpaired) electrons. The third-order valence-corrected chi connectivity index (χ3v) is 9.13. The minimum Gasteiger partial charge on any atom is -0.493 e. The summed E-state index contributed by atoms with van der Waals surface area (Å²) in [6.07, 6.45) is 2.32. The lowest BCUT2D eigenvalue weighted by molar-refractivity contribution is 0.0786. The van der Waals surface area contributed by atoms with Crippen molar-refractivity contribution in [2.24, 2.45) is 0 Å². The summed E-state index contributed by atoms with van der Waals surface area (Å²) in [5.41, 5.74) is 1.44. The number of nitriles is 1. The number of aromatic hydroxyl groups is 1. The number of aliphatic hydroxyl groups is 1. The highest BCUT2D eigenvalue weighted by atomic mass is 32.2. The first kappa shape index (κ1) is 30.7. The molecule has 2 N–H and O–H groups in total. The Morgan fingerprint density at radius 3 is 2.17 bits per heavy atom. The van der Waals surface area contributed by atoms with Crippen molar-refractivity contribution in [3.8, 4) is 23.1 Å². The van der Waals surface area contributed by atoms with Crippen molar-refractivity contribution in [2.75, 3.05) is 0 Å². The summed E-state index contributed by atoms with van der Waals surface area (Å²) in [6.45, 7) is 7.26. The van der Waals surface area contributed by atoms with Crippen LogP contribution in [0.2, 0.25) is 0 Å². The van der Waals surface area contributed by atoms with E-state index in [1.165, 1.54) is 16.7 Å². The third kappa shape index (κ3) is 6.15. The van der Waals surface area contributed by atoms with Crippen LogP contribution < -0.4 is 5.56 Å². The van der Waals surface area contributed by atoms with E-state index in [2.05, 4.69) is 11.1 Å². The van der Waals surface area contributed by atoms with E-state index in [4.69, 9.17) is 0 Å². The molecule has 218 valence electrons. The maximum atomic E-state index is 13.8. The summed E-state index contributed by atoms with van der Waals surface area (Å²) in [4.78, 5) is 16.5. The Morgan fingerprint density at radius 1 is 1.00 bits per heavy atom. The van der Waals surface area contributed by atoms with Gasteiger partial charge >= 0.3 is 0 Å². The molecular weight excluding hydrogens is 550 g/mol. The van der Waals surface area contributed by atoms with Gasteiger partial charge in [0.25, 0.3) is 5.56 Å². The summed E-state index contributed by atoms with van der Waals surface area (Å²) >= 11 is 0. The zero-order chi connectivity index (χ0) is 30.7. The van der Waals surface area contributed by atoms with Crippen molar-refractivity contribution in [1.29, 1.82) is 5.26 Å². The highest BCUT2D eigenvalue weighted by Crippen LogP contribution is 2.34. The predicted octanol–water partition coefficient (Wildman–Crippen LogP) is 5.89. The lowest BCUT2D eigenvalue weighted by atomic mass is 9.95. The first-order chi connectivity index (χ1) is 19.9. The zero-order valence-electron chi connectivity index (χ0n) is 24.2. The van der Waals surface area contributed by atoms with E-state index < -0.39 is 37.8 Å². The van der Waals surface area contributed by atoms with Crippen LogP contribution in [0.25, 0.3) is 11.1 Å². The van der Waals surface area contributed by atoms with Gasteiger partial charge in [-0.2, -0.15) is 10.2 Å². The van der Waals surface area contributed by atoms with Crippen LogP contribution in [0.3, 0.4) is 0 Å². The predicted molar refractivity (Wildman–Crippen MR) is 161 cm³/mol. The van der Waals surface area contributed by atoms with Gasteiger partial charge in [0.05, 0.1) is 28.2 Å². The molecule has 9 heteroatoms. The number of unbranched alkanes of at least 4 members (excludes halogenated alkanes) is 1. The first-order valence-electron chi connectivity index (χ1n) is 13.9. The molecule has 0 amide bonds. The van der Waals surface area contributed by atoms with Gasteiger partial charge in [0.15, 0.2) is 4.90 Å². The van der Waals surface area contributed by atoms with E-state index in [9.17, 15) is 28.7 Å². The van der Waals surface area contributed by atoms with Crippen LogP contribution in [-0.4, -0.2) is 28.2 Å². The molecule has 0 spiro atoms. The molecular formula is C33H35N3O5S. The summed E-state index contributed by atoms with van der Waals surface area (Å²) in [5, 5.41) is 31.1. The van der Waals surface area contributed by atoms with Gasteiger partial charge in [-0.05, 0) is 73.2 Å². The van der Waals surface area contributed by atoms with Crippen LogP contribution in [0.4, 0.5) is 0 Å². The minimum atomic E-state index is -4.45. The number of nitrogens with zero attached hydrogens (tertiary/aromatic N) is 3. The molecule has 0 bridgehead atoms. The van der Waals surface area contributed by atoms with Crippen molar-refractivity contribution in [2.45, 2.75) is 74.8 Å². The Labute approximate surface area is 246 Å². The standard InChI is InChI=1S/C33H35N3O5S/c1-5-7-11-29-35-31(37)30(32(38)36(29)28(6-2)25-10-8-9-22(20-25)21-34)42(40,41)27-18-14-24(15-19-27)23-12-16-26(17-13-23)33(3,4)39/h8-10,12-20,28,38-39H,5-7,11H2,1-4H3/t28-/m0/s1. The second-order valence-corrected chi connectivity index (χ2v) is 12.7. The third-order valence-electron chi connectivity index (χ3n) is 7.35. The molecule has 3 aromatic carbocycles. The molecule has 1 heterocycles. The normalized spacial score (nSPS) is 12.6. The van der Waals surface area contributed by atoms with Crippen LogP contribution in [0, 0.1) is 11.3 Å². The number of hydrogen-bond acceptors (Lipinski definition) is 7. The van der Waals surface area contributed by atoms with E-state index in [0.29, 0.717) is 30.4 Å². The van der Waals surface area contributed by atoms with Gasteiger partial charge in [-0.1, -0.05) is 68.8 Å². The molecule has 0 unspecified atom stereocenters. The van der Waals surface area contributed by atoms with Gasteiger partial charge in [0.2, 0.25) is 15.7 Å². The molecule has 0 saturated carbocycles. The first-order valence-corrected chi connectivity index (χ1v) is 15.4. The molecule has 0 aliphatic carbocycles. The average Bonchev–Trinajstić information content (AvgIpc) is 2.97. The Balaban J connectivity index is 1.81. The summed E-state index contributed by atoms with van der Waals surface area (Å²) in [6, 6.07) is 21.8. The van der Waals surface area contributed by atoms with Gasteiger partial charge in [0.1, 0.15) is 5.82 Å². The van der Waals surface area contributed by atoms with Crippen LogP contribution in [0.5, 0.6) is 5.88 Å². The van der Waals surface area contributed by atoms with Crippen LogP contribution in [0.1, 0.15) is 75.5 Å². The molecule has 0 fully saturated rings. The fourth-order valence-electron chi connectivity index (χ4n) is 5.02. The maximum absolute atomic E-state index is 13.8. The van der Waals surface area contributed by atoms with E-state index in [-0.39, 0.29) is 10.7 Å². The quantitative estimate of drug-likeness (QED) is 0.237. The van der Waals surface area contributed by atoms with Crippen molar-refractivity contribution < 1.29 is 18.6 Å². The number of sulfone groups is 1. The molecule has 8 nitrogen and oxygen atoms in total. The van der Waals surface area contributed by atoms with E-state index in [1.807, 2.05) is 38.1 Å². The van der Waals surface area contributed by atoms with Crippen molar-refractivity contribution in [1.82, 2.24) is 9.55 Å². The molecule has 4 aromatic rings. The topological polar surface area (TPSA) is 133 Å². The zero-order valence-corrected chi connectivity index (χ0v) is 25.0. The highest BCUT2D eigenvalue weighted by Gasteiger charge is 2.32. The van der Waals surface area contributed by atoms with E-state index >= 15 is 0 Å². The Hall–Kier alpha value is -4.26. The molecule has 1 atom stereocenters. The number of benzene rings is 3. The molecule has 1 aromatic heterocycles. The molecule has 4 rings (SSSR count). The number of aromatic nitrogens is 2. The van der Waals surface area contributed by atoms with Crippen molar-refractivity contribution >= 4 is 9.84 Å². The number of hydrogen-bond donors (Lipinski definition) is 2. The van der Waals surface area contributed by atoms with Gasteiger partial charge < -0.3 is 10.2 Å². The van der Waals surface area contributed by atoms with Crippen LogP contribution in [0.15, 0.2) is 87.4 Å². The SMILES string of the molecule is CCCCc1nc(=O)c(S(=O)(=O)c2ccc(-c3ccc(C(C)(C)O)cc3)cc2)c(O)n1[C@@H](CC)c1cccc(C#N)c1. The second-order valence-electron chi connectivity index (χ2n) is 10.8. The summed E-state index contributed by atoms with van der Waals surface area (Å²) in [7, 11) is -4.45. The van der Waals surface area contributed by atoms with Gasteiger partial charge in [0, 0.05) is 6.42 Å². The summed E-state index contributed by atoms with van der Waals surface area (Å²) < 4.78 is 29.1.